The second-order valence-electron chi connectivity index (χ2n) is 4.36. The Balaban J connectivity index is 4.90. The van der Waals surface area contributed by atoms with Crippen molar-refractivity contribution in [3.05, 3.63) is 17.5 Å². The molecule has 0 heterocycles. The molecule has 0 saturated heterocycles. The van der Waals surface area contributed by atoms with Crippen molar-refractivity contribution in [3.8, 4) is 0 Å². The second kappa shape index (κ2) is 2.98. The fraction of sp³-hybridized carbons (Fsp3) is 0.667. The minimum absolute atomic E-state index is 0.744. The molecule has 0 radical (unpaired) electrons. The summed E-state index contributed by atoms with van der Waals surface area (Å²) < 4.78 is 0. The topological polar surface area (TPSA) is 20.2 Å². The van der Waals surface area contributed by atoms with Gasteiger partial charge >= 0.3 is 0 Å². The Bertz CT molecular complexity index is 171. The maximum absolute atomic E-state index is 9.71. The third kappa shape index (κ3) is 3.06. The lowest BCUT2D eigenvalue weighted by Gasteiger charge is -2.29. The van der Waals surface area contributed by atoms with Gasteiger partial charge in [-0.1, -0.05) is 26.2 Å². The maximum Gasteiger partial charge on any atom is 0.0860 e. The fourth-order valence-corrected chi connectivity index (χ4v) is 3.76. The first-order valence-corrected chi connectivity index (χ1v) is 7.33. The van der Waals surface area contributed by atoms with Crippen LogP contribution in [0.1, 0.15) is 13.8 Å². The average molecular weight is 170 g/mol. The van der Waals surface area contributed by atoms with Crippen molar-refractivity contribution in [1.29, 1.82) is 0 Å². The summed E-state index contributed by atoms with van der Waals surface area (Å²) >= 11 is 0. The van der Waals surface area contributed by atoms with Gasteiger partial charge in [0.15, 0.2) is 0 Å². The van der Waals surface area contributed by atoms with Gasteiger partial charge in [0.1, 0.15) is 0 Å². The Morgan fingerprint density at radius 3 is 1.73 bits per heavy atom. The minimum atomic E-state index is -1.43. The highest BCUT2D eigenvalue weighted by molar-refractivity contribution is 6.83. The summed E-state index contributed by atoms with van der Waals surface area (Å²) in [7, 11) is -1.43. The highest BCUT2D eigenvalue weighted by atomic mass is 28.3. The summed E-state index contributed by atoms with van der Waals surface area (Å²) in [5.41, 5.74) is 2.12. The van der Waals surface area contributed by atoms with Crippen LogP contribution in [0.2, 0.25) is 19.6 Å². The first-order chi connectivity index (χ1) is 4.69. The molecule has 0 unspecified atom stereocenters. The summed E-state index contributed by atoms with van der Waals surface area (Å²) in [4.78, 5) is 0. The maximum atomic E-state index is 9.71. The van der Waals surface area contributed by atoms with Crippen LogP contribution in [0.15, 0.2) is 17.5 Å². The normalized spacial score (nSPS) is 12.5. The zero-order chi connectivity index (χ0) is 9.28. The van der Waals surface area contributed by atoms with E-state index >= 15 is 0 Å². The van der Waals surface area contributed by atoms with E-state index in [4.69, 9.17) is 0 Å². The van der Waals surface area contributed by atoms with E-state index in [0.717, 1.165) is 5.20 Å². The molecular formula is C9H18OSi. The summed E-state index contributed by atoms with van der Waals surface area (Å²) in [5, 5.41) is 10.7. The molecule has 0 aliphatic heterocycles. The van der Waals surface area contributed by atoms with Crippen molar-refractivity contribution < 1.29 is 5.11 Å². The van der Waals surface area contributed by atoms with E-state index in [1.807, 2.05) is 0 Å². The molecule has 0 aromatic carbocycles. The van der Waals surface area contributed by atoms with E-state index in [0.29, 0.717) is 0 Å². The van der Waals surface area contributed by atoms with E-state index in [-0.39, 0.29) is 0 Å². The van der Waals surface area contributed by atoms with Crippen LogP contribution < -0.4 is 0 Å². The van der Waals surface area contributed by atoms with Crippen LogP contribution in [0.25, 0.3) is 0 Å². The van der Waals surface area contributed by atoms with E-state index in [9.17, 15) is 5.11 Å². The standard InChI is InChI=1S/C9H18OSi/c1-7-8(9(2,3)10)11(4,5)6/h10H,1H2,2-6H3. The molecule has 0 spiro atoms. The summed E-state index contributed by atoms with van der Waals surface area (Å²) in [6, 6.07) is 0. The van der Waals surface area contributed by atoms with Gasteiger partial charge in [-0.25, -0.2) is 0 Å². The van der Waals surface area contributed by atoms with E-state index < -0.39 is 13.7 Å². The van der Waals surface area contributed by atoms with Gasteiger partial charge in [-0.3, -0.25) is 0 Å². The predicted octanol–water partition coefficient (Wildman–Crippen LogP) is 2.35. The van der Waals surface area contributed by atoms with Gasteiger partial charge in [0.2, 0.25) is 0 Å². The Hall–Kier alpha value is -0.303. The molecule has 64 valence electrons. The van der Waals surface area contributed by atoms with Gasteiger partial charge in [-0.15, -0.1) is 5.73 Å². The highest BCUT2D eigenvalue weighted by Crippen LogP contribution is 2.24. The van der Waals surface area contributed by atoms with Crippen molar-refractivity contribution in [1.82, 2.24) is 0 Å². The van der Waals surface area contributed by atoms with Gasteiger partial charge in [0.05, 0.1) is 13.7 Å². The molecule has 1 nitrogen and oxygen atoms in total. The van der Waals surface area contributed by atoms with E-state index in [2.05, 4.69) is 32.0 Å². The summed E-state index contributed by atoms with van der Waals surface area (Å²) in [6.45, 7) is 13.7. The largest absolute Gasteiger partial charge is 0.386 e. The monoisotopic (exact) mass is 170 g/mol. The van der Waals surface area contributed by atoms with Gasteiger partial charge < -0.3 is 5.11 Å². The lowest BCUT2D eigenvalue weighted by molar-refractivity contribution is 0.127. The molecule has 0 amide bonds. The van der Waals surface area contributed by atoms with Gasteiger partial charge in [0, 0.05) is 0 Å². The molecule has 0 fully saturated rings. The van der Waals surface area contributed by atoms with Crippen LogP contribution >= 0.6 is 0 Å². The quantitative estimate of drug-likeness (QED) is 0.498. The third-order valence-electron chi connectivity index (χ3n) is 1.54. The molecule has 0 atom stereocenters. The number of hydrogen-bond acceptors (Lipinski definition) is 1. The Morgan fingerprint density at radius 2 is 1.73 bits per heavy atom. The van der Waals surface area contributed by atoms with Crippen LogP contribution in [-0.4, -0.2) is 18.8 Å². The predicted molar refractivity (Wildman–Crippen MR) is 52.3 cm³/mol. The molecule has 1 N–H and O–H groups in total. The summed E-state index contributed by atoms with van der Waals surface area (Å²) in [6.07, 6.45) is 0. The highest BCUT2D eigenvalue weighted by Gasteiger charge is 2.30. The van der Waals surface area contributed by atoms with Crippen molar-refractivity contribution in [2.45, 2.75) is 39.1 Å². The molecule has 0 aliphatic rings. The molecule has 0 aromatic heterocycles. The molecule has 0 rings (SSSR count). The Labute approximate surface area is 70.5 Å². The van der Waals surface area contributed by atoms with Crippen LogP contribution in [0.5, 0.6) is 0 Å². The SMILES string of the molecule is C=C=C(C(C)(C)O)[Si](C)(C)C. The molecule has 2 heteroatoms. The Morgan fingerprint density at radius 1 is 1.36 bits per heavy atom. The number of rotatable bonds is 2. The molecule has 0 saturated carbocycles. The molecule has 0 aliphatic carbocycles. The van der Waals surface area contributed by atoms with Gasteiger partial charge in [0.25, 0.3) is 0 Å². The average Bonchev–Trinajstić information content (AvgIpc) is 1.56. The Kier molecular flexibility index (Phi) is 2.89. The van der Waals surface area contributed by atoms with Crippen molar-refractivity contribution >= 4 is 8.07 Å². The van der Waals surface area contributed by atoms with Crippen LogP contribution in [-0.2, 0) is 0 Å². The molecular weight excluding hydrogens is 152 g/mol. The van der Waals surface area contributed by atoms with Gasteiger partial charge in [-0.2, -0.15) is 0 Å². The number of hydrogen-bond donors (Lipinski definition) is 1. The van der Waals surface area contributed by atoms with Crippen LogP contribution in [0.4, 0.5) is 0 Å². The lowest BCUT2D eigenvalue weighted by Crippen LogP contribution is -2.37. The van der Waals surface area contributed by atoms with Crippen molar-refractivity contribution in [2.75, 3.05) is 0 Å². The summed E-state index contributed by atoms with van der Waals surface area (Å²) in [5.74, 6) is 0. The molecule has 0 bridgehead atoms. The van der Waals surface area contributed by atoms with E-state index in [1.54, 1.807) is 13.8 Å². The van der Waals surface area contributed by atoms with Crippen molar-refractivity contribution in [2.24, 2.45) is 0 Å². The van der Waals surface area contributed by atoms with Crippen molar-refractivity contribution in [3.63, 3.8) is 0 Å². The second-order valence-corrected chi connectivity index (χ2v) is 9.36. The first kappa shape index (κ1) is 10.7. The van der Waals surface area contributed by atoms with Crippen LogP contribution in [0, 0.1) is 0 Å². The van der Waals surface area contributed by atoms with Gasteiger partial charge in [-0.05, 0) is 19.0 Å². The fourth-order valence-electron chi connectivity index (χ4n) is 1.40. The zero-order valence-corrected chi connectivity index (χ0v) is 9.15. The zero-order valence-electron chi connectivity index (χ0n) is 8.15. The lowest BCUT2D eigenvalue weighted by atomic mass is 10.1. The smallest absolute Gasteiger partial charge is 0.0860 e. The minimum Gasteiger partial charge on any atom is -0.386 e. The van der Waals surface area contributed by atoms with E-state index in [1.165, 1.54) is 0 Å². The molecule has 11 heavy (non-hydrogen) atoms. The first-order valence-electron chi connectivity index (χ1n) is 3.83. The van der Waals surface area contributed by atoms with Crippen LogP contribution in [0.3, 0.4) is 0 Å². The number of aliphatic hydroxyl groups is 1. The third-order valence-corrected chi connectivity index (χ3v) is 3.83. The molecule has 0 aromatic rings.